The van der Waals surface area contributed by atoms with Gasteiger partial charge in [0.25, 0.3) is 0 Å². The molecule has 4 aromatic heterocycles. The molecule has 1 fully saturated rings. The Morgan fingerprint density at radius 3 is 2.41 bits per heavy atom. The predicted octanol–water partition coefficient (Wildman–Crippen LogP) is 4.27. The number of rotatable bonds is 6. The number of fused-ring (bicyclic) bond motifs is 1. The Balaban J connectivity index is 1.28. The number of aromatic hydroxyl groups is 1. The largest absolute Gasteiger partial charge is 0.497 e. The number of benzene rings is 1. The van der Waals surface area contributed by atoms with Crippen molar-refractivity contribution in [3.63, 3.8) is 0 Å². The third kappa shape index (κ3) is 3.61. The molecule has 1 aliphatic heterocycles. The van der Waals surface area contributed by atoms with Crippen LogP contribution in [-0.2, 0) is 0 Å². The van der Waals surface area contributed by atoms with Gasteiger partial charge in [-0.2, -0.15) is 9.50 Å². The molecule has 1 N–H and O–H groups in total. The first kappa shape index (κ1) is 20.8. The van der Waals surface area contributed by atoms with Crippen LogP contribution < -0.4 is 9.64 Å². The van der Waals surface area contributed by atoms with Gasteiger partial charge in [0.2, 0.25) is 16.7 Å². The fourth-order valence-electron chi connectivity index (χ4n) is 4.39. The monoisotopic (exact) mass is 477 g/mol. The second kappa shape index (κ2) is 8.54. The Labute approximate surface area is 199 Å². The maximum Gasteiger partial charge on any atom is 0.230 e. The SMILES string of the molecule is COc1ccc(N2CCN(C(c3ccco3)c3sc4nc(-c5ccco5)nn4c3O)CC2)cc1. The van der Waals surface area contributed by atoms with Gasteiger partial charge in [-0.1, -0.05) is 11.3 Å². The summed E-state index contributed by atoms with van der Waals surface area (Å²) >= 11 is 1.41. The van der Waals surface area contributed by atoms with Crippen molar-refractivity contribution in [2.75, 3.05) is 38.2 Å². The van der Waals surface area contributed by atoms with E-state index < -0.39 is 0 Å². The van der Waals surface area contributed by atoms with Gasteiger partial charge in [0, 0.05) is 31.9 Å². The minimum absolute atomic E-state index is 0.0734. The molecule has 1 atom stereocenters. The summed E-state index contributed by atoms with van der Waals surface area (Å²) in [5, 5.41) is 15.6. The Kier molecular flexibility index (Phi) is 5.23. The van der Waals surface area contributed by atoms with Crippen LogP contribution in [0.3, 0.4) is 0 Å². The molecule has 34 heavy (non-hydrogen) atoms. The number of hydrogen-bond acceptors (Lipinski definition) is 9. The van der Waals surface area contributed by atoms with Gasteiger partial charge in [-0.15, -0.1) is 5.10 Å². The fourth-order valence-corrected chi connectivity index (χ4v) is 5.49. The van der Waals surface area contributed by atoms with E-state index >= 15 is 0 Å². The molecule has 0 spiro atoms. The van der Waals surface area contributed by atoms with Crippen molar-refractivity contribution < 1.29 is 18.7 Å². The maximum absolute atomic E-state index is 11.1. The van der Waals surface area contributed by atoms with Gasteiger partial charge < -0.3 is 23.6 Å². The average molecular weight is 478 g/mol. The van der Waals surface area contributed by atoms with Crippen LogP contribution in [0.1, 0.15) is 16.7 Å². The zero-order valence-corrected chi connectivity index (χ0v) is 19.3. The quantitative estimate of drug-likeness (QED) is 0.388. The highest BCUT2D eigenvalue weighted by molar-refractivity contribution is 7.17. The number of hydrogen-bond donors (Lipinski definition) is 1. The van der Waals surface area contributed by atoms with Crippen LogP contribution in [0.2, 0.25) is 0 Å². The van der Waals surface area contributed by atoms with E-state index in [0.717, 1.165) is 42.6 Å². The molecule has 0 saturated carbocycles. The summed E-state index contributed by atoms with van der Waals surface area (Å²) in [6, 6.07) is 15.3. The van der Waals surface area contributed by atoms with Crippen LogP contribution in [0.15, 0.2) is 69.9 Å². The summed E-state index contributed by atoms with van der Waals surface area (Å²) in [5.74, 6) is 2.71. The van der Waals surface area contributed by atoms with Crippen molar-refractivity contribution in [2.24, 2.45) is 0 Å². The first-order valence-corrected chi connectivity index (χ1v) is 11.8. The molecule has 0 amide bonds. The van der Waals surface area contributed by atoms with Gasteiger partial charge in [-0.05, 0) is 48.5 Å². The van der Waals surface area contributed by atoms with E-state index in [9.17, 15) is 5.11 Å². The van der Waals surface area contributed by atoms with Crippen LogP contribution in [0.25, 0.3) is 16.5 Å². The lowest BCUT2D eigenvalue weighted by atomic mass is 10.1. The molecule has 0 aliphatic carbocycles. The van der Waals surface area contributed by atoms with Gasteiger partial charge in [0.15, 0.2) is 5.76 Å². The minimum Gasteiger partial charge on any atom is -0.497 e. The highest BCUT2D eigenvalue weighted by atomic mass is 32.1. The van der Waals surface area contributed by atoms with Gasteiger partial charge in [0.1, 0.15) is 17.6 Å². The van der Waals surface area contributed by atoms with Gasteiger partial charge >= 0.3 is 0 Å². The van der Waals surface area contributed by atoms with Crippen molar-refractivity contribution in [3.8, 4) is 23.2 Å². The molecule has 1 aromatic carbocycles. The maximum atomic E-state index is 11.1. The molecule has 10 heteroatoms. The average Bonchev–Trinajstić information content (AvgIpc) is 3.68. The summed E-state index contributed by atoms with van der Waals surface area (Å²) in [5.41, 5.74) is 1.17. The third-order valence-corrected chi connectivity index (χ3v) is 7.19. The summed E-state index contributed by atoms with van der Waals surface area (Å²) in [6.07, 6.45) is 3.24. The number of aromatic nitrogens is 3. The van der Waals surface area contributed by atoms with E-state index in [1.807, 2.05) is 24.3 Å². The van der Waals surface area contributed by atoms with E-state index in [1.54, 1.807) is 31.8 Å². The van der Waals surface area contributed by atoms with Gasteiger partial charge in [0.05, 0.1) is 24.5 Å². The molecule has 0 bridgehead atoms. The zero-order valence-electron chi connectivity index (χ0n) is 18.5. The first-order chi connectivity index (χ1) is 16.7. The standard InChI is InChI=1S/C24H23N5O4S/c1-31-17-8-6-16(7-9-17)27-10-12-28(13-11-27)20(18-4-2-14-32-18)21-23(30)29-24(34-21)25-22(26-29)19-5-3-15-33-19/h2-9,14-15,20,30H,10-13H2,1H3. The summed E-state index contributed by atoms with van der Waals surface area (Å²) in [4.78, 5) is 10.6. The second-order valence-electron chi connectivity index (χ2n) is 8.04. The van der Waals surface area contributed by atoms with Crippen LogP contribution in [-0.4, -0.2) is 57.9 Å². The van der Waals surface area contributed by atoms with E-state index in [1.165, 1.54) is 21.5 Å². The van der Waals surface area contributed by atoms with E-state index in [4.69, 9.17) is 13.6 Å². The number of furan rings is 2. The Hall–Kier alpha value is -3.76. The highest BCUT2D eigenvalue weighted by Crippen LogP contribution is 2.41. The minimum atomic E-state index is -0.228. The van der Waals surface area contributed by atoms with Crippen LogP contribution in [0.4, 0.5) is 5.69 Å². The summed E-state index contributed by atoms with van der Waals surface area (Å²) in [6.45, 7) is 3.33. The normalized spacial score (nSPS) is 15.7. The molecule has 9 nitrogen and oxygen atoms in total. The number of nitrogens with zero attached hydrogens (tertiary/aromatic N) is 5. The van der Waals surface area contributed by atoms with Crippen molar-refractivity contribution in [2.45, 2.75) is 6.04 Å². The van der Waals surface area contributed by atoms with Crippen LogP contribution in [0.5, 0.6) is 11.6 Å². The Morgan fingerprint density at radius 1 is 1.00 bits per heavy atom. The fraction of sp³-hybridized carbons (Fsp3) is 0.250. The molecule has 1 unspecified atom stereocenters. The predicted molar refractivity (Wildman–Crippen MR) is 128 cm³/mol. The number of ether oxygens (including phenoxy) is 1. The molecule has 174 valence electrons. The van der Waals surface area contributed by atoms with Crippen molar-refractivity contribution >= 4 is 22.0 Å². The third-order valence-electron chi connectivity index (χ3n) is 6.12. The molecule has 6 rings (SSSR count). The lowest BCUT2D eigenvalue weighted by Gasteiger charge is -2.39. The summed E-state index contributed by atoms with van der Waals surface area (Å²) in [7, 11) is 1.67. The van der Waals surface area contributed by atoms with E-state index in [0.29, 0.717) is 16.5 Å². The molecule has 1 saturated heterocycles. The smallest absolute Gasteiger partial charge is 0.230 e. The lowest BCUT2D eigenvalue weighted by Crippen LogP contribution is -2.47. The Bertz CT molecular complexity index is 1370. The van der Waals surface area contributed by atoms with Crippen molar-refractivity contribution in [1.29, 1.82) is 0 Å². The molecule has 5 aromatic rings. The van der Waals surface area contributed by atoms with Crippen molar-refractivity contribution in [1.82, 2.24) is 19.5 Å². The molecule has 0 radical (unpaired) electrons. The van der Waals surface area contributed by atoms with Crippen LogP contribution >= 0.6 is 11.3 Å². The number of piperazine rings is 1. The topological polar surface area (TPSA) is 92.4 Å². The molecule has 1 aliphatic rings. The van der Waals surface area contributed by atoms with Gasteiger partial charge in [-0.3, -0.25) is 4.90 Å². The van der Waals surface area contributed by atoms with E-state index in [2.05, 4.69) is 32.0 Å². The molecule has 5 heterocycles. The van der Waals surface area contributed by atoms with Crippen LogP contribution in [0, 0.1) is 0 Å². The molecular weight excluding hydrogens is 454 g/mol. The lowest BCUT2D eigenvalue weighted by molar-refractivity contribution is 0.191. The van der Waals surface area contributed by atoms with Gasteiger partial charge in [-0.25, -0.2) is 0 Å². The Morgan fingerprint density at radius 2 is 1.76 bits per heavy atom. The number of thiazole rings is 1. The summed E-state index contributed by atoms with van der Waals surface area (Å²) < 4.78 is 18.0. The zero-order chi connectivity index (χ0) is 23.1. The first-order valence-electron chi connectivity index (χ1n) is 11.0. The van der Waals surface area contributed by atoms with Crippen molar-refractivity contribution in [3.05, 3.63) is 71.7 Å². The number of anilines is 1. The number of methoxy groups -OCH3 is 1. The molecular formula is C24H23N5O4S. The second-order valence-corrected chi connectivity index (χ2v) is 9.05. The van der Waals surface area contributed by atoms with E-state index in [-0.39, 0.29) is 11.9 Å². The highest BCUT2D eigenvalue weighted by Gasteiger charge is 2.33.